The van der Waals surface area contributed by atoms with Gasteiger partial charge in [-0.25, -0.2) is 5.01 Å². The summed E-state index contributed by atoms with van der Waals surface area (Å²) in [6.45, 7) is 12.7. The van der Waals surface area contributed by atoms with E-state index in [1.807, 2.05) is 5.01 Å². The Bertz CT molecular complexity index is 268. The fraction of sp³-hybridized carbons (Fsp3) is 0.800. The van der Waals surface area contributed by atoms with Crippen LogP contribution in [-0.4, -0.2) is 10.5 Å². The zero-order valence-electron chi connectivity index (χ0n) is 9.83. The Morgan fingerprint density at radius 1 is 1.14 bits per heavy atom. The van der Waals surface area contributed by atoms with Gasteiger partial charge in [0.15, 0.2) is 0 Å². The van der Waals surface area contributed by atoms with E-state index in [1.165, 1.54) is 0 Å². The van der Waals surface area contributed by atoms with Crippen LogP contribution in [-0.2, 0) is 4.84 Å². The molecule has 0 aliphatic carbocycles. The van der Waals surface area contributed by atoms with E-state index < -0.39 is 0 Å². The predicted octanol–water partition coefficient (Wildman–Crippen LogP) is 3.29. The topological polar surface area (TPSA) is 37.2 Å². The summed E-state index contributed by atoms with van der Waals surface area (Å²) in [6.07, 6.45) is 1.66. The minimum absolute atomic E-state index is 0.00667. The quantitative estimate of drug-likeness (QED) is 0.597. The van der Waals surface area contributed by atoms with Gasteiger partial charge in [0.25, 0.3) is 0 Å². The molecule has 0 aromatic heterocycles. The molecule has 0 atom stereocenters. The molecule has 4 heteroatoms. The van der Waals surface area contributed by atoms with Gasteiger partial charge in [-0.2, -0.15) is 0 Å². The van der Waals surface area contributed by atoms with E-state index in [1.54, 1.807) is 6.26 Å². The van der Waals surface area contributed by atoms with E-state index in [4.69, 9.17) is 4.84 Å². The molecule has 0 aromatic carbocycles. The normalized spacial score (nSPS) is 17.9. The number of rotatable bonds is 0. The maximum Gasteiger partial charge on any atom is 0.145 e. The van der Waals surface area contributed by atoms with E-state index in [9.17, 15) is 0 Å². The fourth-order valence-electron chi connectivity index (χ4n) is 1.22. The smallest absolute Gasteiger partial charge is 0.145 e. The van der Waals surface area contributed by atoms with Crippen LogP contribution in [0.15, 0.2) is 22.5 Å². The molecule has 1 heterocycles. The van der Waals surface area contributed by atoms with Crippen molar-refractivity contribution in [2.45, 2.75) is 47.1 Å². The molecule has 1 aliphatic heterocycles. The standard InChI is InChI=1S/C10H19N3O/c1-9(2,3)8-7-14-12-11-13(8)10(4,5)6/h7H,1-6H3. The summed E-state index contributed by atoms with van der Waals surface area (Å²) in [5, 5.41) is 9.48. The summed E-state index contributed by atoms with van der Waals surface area (Å²) in [5.74, 6) is 0. The Kier molecular flexibility index (Phi) is 2.56. The van der Waals surface area contributed by atoms with Crippen molar-refractivity contribution < 1.29 is 4.84 Å². The molecule has 4 nitrogen and oxygen atoms in total. The Hall–Kier alpha value is -1.06. The molecule has 0 amide bonds. The molecule has 0 unspecified atom stereocenters. The minimum atomic E-state index is -0.0770. The average Bonchev–Trinajstić information content (AvgIpc) is 2.01. The SMILES string of the molecule is CC(C)(C)C1=CON=NN1C(C)(C)C. The third-order valence-corrected chi connectivity index (χ3v) is 1.97. The fourth-order valence-corrected chi connectivity index (χ4v) is 1.22. The highest BCUT2D eigenvalue weighted by atomic mass is 16.6. The maximum atomic E-state index is 4.89. The van der Waals surface area contributed by atoms with E-state index in [2.05, 4.69) is 52.0 Å². The molecule has 0 saturated carbocycles. The number of hydrogen-bond acceptors (Lipinski definition) is 4. The van der Waals surface area contributed by atoms with Crippen LogP contribution in [0.25, 0.3) is 0 Å². The lowest BCUT2D eigenvalue weighted by Crippen LogP contribution is -2.41. The zero-order chi connectivity index (χ0) is 11.0. The molecule has 0 fully saturated rings. The maximum absolute atomic E-state index is 4.89. The summed E-state index contributed by atoms with van der Waals surface area (Å²) in [6, 6.07) is 0. The van der Waals surface area contributed by atoms with Crippen molar-refractivity contribution in [2.75, 3.05) is 0 Å². The summed E-state index contributed by atoms with van der Waals surface area (Å²) >= 11 is 0. The molecular formula is C10H19N3O. The van der Waals surface area contributed by atoms with Gasteiger partial charge in [-0.3, -0.25) is 0 Å². The van der Waals surface area contributed by atoms with Crippen molar-refractivity contribution in [3.63, 3.8) is 0 Å². The van der Waals surface area contributed by atoms with Gasteiger partial charge in [-0.15, -0.1) is 0 Å². The lowest BCUT2D eigenvalue weighted by molar-refractivity contribution is 0.0656. The van der Waals surface area contributed by atoms with Gasteiger partial charge in [0.05, 0.1) is 16.5 Å². The number of nitrogens with zero attached hydrogens (tertiary/aromatic N) is 3. The second-order valence-electron chi connectivity index (χ2n) is 5.51. The molecule has 0 saturated heterocycles. The third kappa shape index (κ3) is 2.25. The first-order valence-corrected chi connectivity index (χ1v) is 4.80. The van der Waals surface area contributed by atoms with Crippen molar-refractivity contribution in [3.8, 4) is 0 Å². The Balaban J connectivity index is 2.99. The monoisotopic (exact) mass is 197 g/mol. The first-order chi connectivity index (χ1) is 6.23. The van der Waals surface area contributed by atoms with Crippen LogP contribution in [0.5, 0.6) is 0 Å². The van der Waals surface area contributed by atoms with Crippen molar-refractivity contribution in [2.24, 2.45) is 15.9 Å². The summed E-state index contributed by atoms with van der Waals surface area (Å²) in [7, 11) is 0. The Morgan fingerprint density at radius 2 is 1.71 bits per heavy atom. The van der Waals surface area contributed by atoms with Gasteiger partial charge in [-0.1, -0.05) is 20.8 Å². The van der Waals surface area contributed by atoms with Gasteiger partial charge in [-0.05, 0) is 26.0 Å². The van der Waals surface area contributed by atoms with Gasteiger partial charge in [0.2, 0.25) is 0 Å². The molecule has 1 aliphatic rings. The molecule has 1 rings (SSSR count). The van der Waals surface area contributed by atoms with Crippen molar-refractivity contribution in [3.05, 3.63) is 12.0 Å². The largest absolute Gasteiger partial charge is 0.344 e. The molecule has 0 bridgehead atoms. The summed E-state index contributed by atoms with van der Waals surface area (Å²) < 4.78 is 0. The third-order valence-electron chi connectivity index (χ3n) is 1.97. The first kappa shape index (κ1) is 11.0. The van der Waals surface area contributed by atoms with E-state index in [0.29, 0.717) is 0 Å². The summed E-state index contributed by atoms with van der Waals surface area (Å²) in [5.41, 5.74) is 0.971. The average molecular weight is 197 g/mol. The predicted molar refractivity (Wildman–Crippen MR) is 55.1 cm³/mol. The first-order valence-electron chi connectivity index (χ1n) is 4.80. The van der Waals surface area contributed by atoms with Crippen LogP contribution in [0.4, 0.5) is 0 Å². The number of hydrogen-bond donors (Lipinski definition) is 0. The highest BCUT2D eigenvalue weighted by Crippen LogP contribution is 2.35. The molecule has 14 heavy (non-hydrogen) atoms. The highest BCUT2D eigenvalue weighted by molar-refractivity contribution is 5.09. The van der Waals surface area contributed by atoms with E-state index >= 15 is 0 Å². The van der Waals surface area contributed by atoms with Crippen LogP contribution < -0.4 is 0 Å². The van der Waals surface area contributed by atoms with Gasteiger partial charge in [0.1, 0.15) is 6.26 Å². The van der Waals surface area contributed by atoms with Crippen LogP contribution in [0.1, 0.15) is 41.5 Å². The lowest BCUT2D eigenvalue weighted by Gasteiger charge is -2.39. The molecule has 80 valence electrons. The van der Waals surface area contributed by atoms with Gasteiger partial charge >= 0.3 is 0 Å². The molecular weight excluding hydrogens is 178 g/mol. The van der Waals surface area contributed by atoms with Crippen LogP contribution in [0, 0.1) is 5.41 Å². The van der Waals surface area contributed by atoms with Crippen LogP contribution in [0.2, 0.25) is 0 Å². The molecule has 0 N–H and O–H groups in total. The van der Waals surface area contributed by atoms with Gasteiger partial charge in [0, 0.05) is 5.41 Å². The molecule has 0 radical (unpaired) electrons. The van der Waals surface area contributed by atoms with Crippen molar-refractivity contribution in [1.82, 2.24) is 5.01 Å². The minimum Gasteiger partial charge on any atom is -0.344 e. The second kappa shape index (κ2) is 3.26. The highest BCUT2D eigenvalue weighted by Gasteiger charge is 2.33. The molecule has 0 aromatic rings. The van der Waals surface area contributed by atoms with Crippen molar-refractivity contribution >= 4 is 0 Å². The Labute approximate surface area is 85.6 Å². The van der Waals surface area contributed by atoms with Crippen LogP contribution >= 0.6 is 0 Å². The van der Waals surface area contributed by atoms with Crippen LogP contribution in [0.3, 0.4) is 0 Å². The second-order valence-corrected chi connectivity index (χ2v) is 5.51. The van der Waals surface area contributed by atoms with E-state index in [0.717, 1.165) is 5.70 Å². The number of allylic oxidation sites excluding steroid dienone is 1. The van der Waals surface area contributed by atoms with Gasteiger partial charge < -0.3 is 4.84 Å². The molecule has 0 spiro atoms. The van der Waals surface area contributed by atoms with E-state index in [-0.39, 0.29) is 11.0 Å². The lowest BCUT2D eigenvalue weighted by atomic mass is 9.90. The van der Waals surface area contributed by atoms with Crippen molar-refractivity contribution in [1.29, 1.82) is 0 Å². The Morgan fingerprint density at radius 3 is 2.07 bits per heavy atom. The zero-order valence-corrected chi connectivity index (χ0v) is 9.83. The summed E-state index contributed by atoms with van der Waals surface area (Å²) in [4.78, 5) is 4.89.